The minimum atomic E-state index is -0.594. The normalized spacial score (nSPS) is 17.5. The van der Waals surface area contributed by atoms with Crippen LogP contribution in [0.15, 0.2) is 35.7 Å². The van der Waals surface area contributed by atoms with Gasteiger partial charge in [-0.2, -0.15) is 0 Å². The van der Waals surface area contributed by atoms with E-state index in [0.29, 0.717) is 31.6 Å². The molecule has 2 heterocycles. The monoisotopic (exact) mass is 528 g/mol. The van der Waals surface area contributed by atoms with Crippen molar-refractivity contribution in [1.82, 2.24) is 20.9 Å². The molecular weight excluding hydrogens is 488 g/mol. The highest BCUT2D eigenvalue weighted by atomic mass is 32.2. The van der Waals surface area contributed by atoms with E-state index in [1.165, 1.54) is 0 Å². The van der Waals surface area contributed by atoms with Crippen molar-refractivity contribution < 1.29 is 19.2 Å². The van der Waals surface area contributed by atoms with Crippen LogP contribution in [0.1, 0.15) is 81.1 Å². The first-order chi connectivity index (χ1) is 17.8. The molecule has 1 aromatic carbocycles. The molecule has 0 spiro atoms. The average Bonchev–Trinajstić information content (AvgIpc) is 3.23. The lowest BCUT2D eigenvalue weighted by atomic mass is 9.89. The summed E-state index contributed by atoms with van der Waals surface area (Å²) in [6.07, 6.45) is 8.20. The Kier molecular flexibility index (Phi) is 10.8. The van der Waals surface area contributed by atoms with Gasteiger partial charge in [0.15, 0.2) is 0 Å². The van der Waals surface area contributed by atoms with E-state index < -0.39 is 6.04 Å². The minimum absolute atomic E-state index is 0.0230. The zero-order valence-electron chi connectivity index (χ0n) is 22.1. The van der Waals surface area contributed by atoms with Crippen LogP contribution in [0.2, 0.25) is 0 Å². The van der Waals surface area contributed by atoms with Crippen molar-refractivity contribution in [2.24, 2.45) is 0 Å². The minimum Gasteiger partial charge on any atom is -0.355 e. The SMILES string of the molecule is C=CCC(CC)(CC)NCC(=O)NCCCCCSc1cccc2c1CN(C1CCC(=O)NC1=O)C2=O. The maximum atomic E-state index is 13.0. The largest absolute Gasteiger partial charge is 0.355 e. The van der Waals surface area contributed by atoms with E-state index >= 15 is 0 Å². The number of imide groups is 1. The van der Waals surface area contributed by atoms with Gasteiger partial charge in [-0.25, -0.2) is 0 Å². The Bertz CT molecular complexity index is 1010. The van der Waals surface area contributed by atoms with Gasteiger partial charge in [0.25, 0.3) is 5.91 Å². The Morgan fingerprint density at radius 3 is 2.70 bits per heavy atom. The topological polar surface area (TPSA) is 108 Å². The number of benzene rings is 1. The van der Waals surface area contributed by atoms with Crippen LogP contribution >= 0.6 is 11.8 Å². The number of thioether (sulfide) groups is 1. The number of amides is 4. The van der Waals surface area contributed by atoms with Gasteiger partial charge in [-0.15, -0.1) is 18.3 Å². The molecule has 2 aliphatic heterocycles. The number of unbranched alkanes of at least 4 members (excludes halogenated alkanes) is 2. The van der Waals surface area contributed by atoms with Gasteiger partial charge >= 0.3 is 0 Å². The smallest absolute Gasteiger partial charge is 0.255 e. The van der Waals surface area contributed by atoms with Crippen LogP contribution < -0.4 is 16.0 Å². The molecule has 1 fully saturated rings. The highest BCUT2D eigenvalue weighted by Crippen LogP contribution is 2.34. The lowest BCUT2D eigenvalue weighted by molar-refractivity contribution is -0.137. The highest BCUT2D eigenvalue weighted by molar-refractivity contribution is 7.99. The van der Waals surface area contributed by atoms with Gasteiger partial charge in [-0.05, 0) is 62.0 Å². The molecule has 0 saturated carbocycles. The number of rotatable bonds is 15. The molecule has 2 aliphatic rings. The van der Waals surface area contributed by atoms with E-state index in [1.807, 2.05) is 24.3 Å². The highest BCUT2D eigenvalue weighted by Gasteiger charge is 2.39. The number of piperidine rings is 1. The van der Waals surface area contributed by atoms with E-state index in [4.69, 9.17) is 0 Å². The summed E-state index contributed by atoms with van der Waals surface area (Å²) in [5.41, 5.74) is 1.56. The molecule has 0 bridgehead atoms. The fourth-order valence-electron chi connectivity index (χ4n) is 4.97. The maximum absolute atomic E-state index is 13.0. The van der Waals surface area contributed by atoms with Gasteiger partial charge < -0.3 is 15.5 Å². The summed E-state index contributed by atoms with van der Waals surface area (Å²) in [5.74, 6) is 0.125. The van der Waals surface area contributed by atoms with Crippen molar-refractivity contribution in [3.05, 3.63) is 42.0 Å². The Hall–Kier alpha value is -2.65. The Labute approximate surface area is 224 Å². The van der Waals surface area contributed by atoms with Crippen LogP contribution in [-0.4, -0.2) is 59.0 Å². The molecule has 1 saturated heterocycles. The van der Waals surface area contributed by atoms with E-state index in [2.05, 4.69) is 36.4 Å². The van der Waals surface area contributed by atoms with Crippen LogP contribution in [0.25, 0.3) is 0 Å². The number of carbonyl (C=O) groups excluding carboxylic acids is 4. The third kappa shape index (κ3) is 7.45. The second kappa shape index (κ2) is 13.8. The first kappa shape index (κ1) is 28.9. The molecule has 0 radical (unpaired) electrons. The second-order valence-corrected chi connectivity index (χ2v) is 10.9. The van der Waals surface area contributed by atoms with Crippen molar-refractivity contribution in [3.8, 4) is 0 Å². The van der Waals surface area contributed by atoms with E-state index in [0.717, 1.165) is 54.7 Å². The predicted molar refractivity (Wildman–Crippen MR) is 146 cm³/mol. The molecule has 1 unspecified atom stereocenters. The van der Waals surface area contributed by atoms with Gasteiger partial charge in [-0.1, -0.05) is 32.4 Å². The van der Waals surface area contributed by atoms with Crippen molar-refractivity contribution in [3.63, 3.8) is 0 Å². The standard InChI is InChI=1S/C28H40N4O4S/c1-4-15-28(5-2,6-3)30-18-25(34)29-16-8-7-9-17-37-23-12-10-11-20-21(23)19-32(27(20)36)22-13-14-24(33)31-26(22)35/h4,10-12,22,30H,1,5-9,13-19H2,2-3H3,(H,29,34)(H,31,33,35). The molecule has 202 valence electrons. The van der Waals surface area contributed by atoms with Gasteiger partial charge in [0.2, 0.25) is 17.7 Å². The molecule has 4 amide bonds. The fraction of sp³-hybridized carbons (Fsp3) is 0.571. The van der Waals surface area contributed by atoms with E-state index in [9.17, 15) is 19.2 Å². The van der Waals surface area contributed by atoms with Crippen LogP contribution in [0, 0.1) is 0 Å². The number of carbonyl (C=O) groups is 4. The number of hydrogen-bond acceptors (Lipinski definition) is 6. The van der Waals surface area contributed by atoms with Crippen molar-refractivity contribution >= 4 is 35.4 Å². The number of nitrogens with zero attached hydrogens (tertiary/aromatic N) is 1. The van der Waals surface area contributed by atoms with Crippen LogP contribution in [0.3, 0.4) is 0 Å². The molecular formula is C28H40N4O4S. The zero-order valence-corrected chi connectivity index (χ0v) is 22.9. The molecule has 0 aliphatic carbocycles. The first-order valence-electron chi connectivity index (χ1n) is 13.4. The van der Waals surface area contributed by atoms with Gasteiger partial charge in [0, 0.05) is 35.5 Å². The summed E-state index contributed by atoms with van der Waals surface area (Å²) in [4.78, 5) is 51.6. The van der Waals surface area contributed by atoms with Gasteiger partial charge in [-0.3, -0.25) is 24.5 Å². The molecule has 37 heavy (non-hydrogen) atoms. The quantitative estimate of drug-likeness (QED) is 0.139. The summed E-state index contributed by atoms with van der Waals surface area (Å²) in [5, 5.41) is 8.77. The molecule has 8 nitrogen and oxygen atoms in total. The Morgan fingerprint density at radius 1 is 1.22 bits per heavy atom. The van der Waals surface area contributed by atoms with Crippen LogP contribution in [-0.2, 0) is 20.9 Å². The Morgan fingerprint density at radius 2 is 2.00 bits per heavy atom. The maximum Gasteiger partial charge on any atom is 0.255 e. The lowest BCUT2D eigenvalue weighted by Crippen LogP contribution is -2.52. The van der Waals surface area contributed by atoms with E-state index in [1.54, 1.807) is 16.7 Å². The van der Waals surface area contributed by atoms with Crippen LogP contribution in [0.4, 0.5) is 0 Å². The van der Waals surface area contributed by atoms with Gasteiger partial charge in [0.05, 0.1) is 6.54 Å². The predicted octanol–water partition coefficient (Wildman–Crippen LogP) is 3.55. The van der Waals surface area contributed by atoms with Crippen molar-refractivity contribution in [2.45, 2.75) is 88.2 Å². The summed E-state index contributed by atoms with van der Waals surface area (Å²) in [7, 11) is 0. The summed E-state index contributed by atoms with van der Waals surface area (Å²) in [6, 6.07) is 5.13. The molecule has 1 aromatic rings. The number of nitrogens with one attached hydrogen (secondary N) is 3. The average molecular weight is 529 g/mol. The summed E-state index contributed by atoms with van der Waals surface area (Å²) < 4.78 is 0. The molecule has 9 heteroatoms. The molecule has 0 aromatic heterocycles. The number of fused-ring (bicyclic) bond motifs is 1. The third-order valence-electron chi connectivity index (χ3n) is 7.45. The van der Waals surface area contributed by atoms with Crippen molar-refractivity contribution in [2.75, 3.05) is 18.8 Å². The number of hydrogen-bond donors (Lipinski definition) is 3. The Balaban J connectivity index is 1.37. The summed E-state index contributed by atoms with van der Waals surface area (Å²) >= 11 is 1.72. The van der Waals surface area contributed by atoms with Crippen molar-refractivity contribution in [1.29, 1.82) is 0 Å². The zero-order chi connectivity index (χ0) is 26.8. The molecule has 1 atom stereocenters. The second-order valence-electron chi connectivity index (χ2n) is 9.78. The van der Waals surface area contributed by atoms with Crippen LogP contribution in [0.5, 0.6) is 0 Å². The van der Waals surface area contributed by atoms with E-state index in [-0.39, 0.29) is 35.6 Å². The molecule has 3 rings (SSSR count). The fourth-order valence-corrected chi connectivity index (χ4v) is 6.07. The first-order valence-corrected chi connectivity index (χ1v) is 14.3. The third-order valence-corrected chi connectivity index (χ3v) is 8.64. The molecule has 3 N–H and O–H groups in total. The van der Waals surface area contributed by atoms with Gasteiger partial charge in [0.1, 0.15) is 6.04 Å². The lowest BCUT2D eigenvalue weighted by Gasteiger charge is -2.31. The summed E-state index contributed by atoms with van der Waals surface area (Å²) in [6.45, 7) is 9.47.